The van der Waals surface area contributed by atoms with E-state index < -0.39 is 11.9 Å². The zero-order chi connectivity index (χ0) is 14.9. The third-order valence-corrected chi connectivity index (χ3v) is 5.24. The molecule has 2 atom stereocenters. The Hall–Kier alpha value is -1.08. The molecule has 2 unspecified atom stereocenters. The van der Waals surface area contributed by atoms with Crippen LogP contribution >= 0.6 is 27.3 Å². The molecule has 2 heterocycles. The normalized spacial score (nSPS) is 22.1. The van der Waals surface area contributed by atoms with Gasteiger partial charge in [-0.1, -0.05) is 0 Å². The quantitative estimate of drug-likeness (QED) is 0.901. The fraction of sp³-hybridized carbons (Fsp3) is 0.538. The van der Waals surface area contributed by atoms with Crippen molar-refractivity contribution in [3.63, 3.8) is 0 Å². The van der Waals surface area contributed by atoms with Gasteiger partial charge in [-0.05, 0) is 46.3 Å². The van der Waals surface area contributed by atoms with Crippen LogP contribution in [0.2, 0.25) is 0 Å². The van der Waals surface area contributed by atoms with Crippen molar-refractivity contribution in [3.05, 3.63) is 20.8 Å². The van der Waals surface area contributed by atoms with Crippen molar-refractivity contribution in [2.75, 3.05) is 13.6 Å². The van der Waals surface area contributed by atoms with Crippen LogP contribution in [0.15, 0.2) is 15.2 Å². The second-order valence-corrected chi connectivity index (χ2v) is 7.36. The summed E-state index contributed by atoms with van der Waals surface area (Å²) >= 11 is 4.98. The highest BCUT2D eigenvalue weighted by Crippen LogP contribution is 2.26. The van der Waals surface area contributed by atoms with Gasteiger partial charge in [0.2, 0.25) is 0 Å². The summed E-state index contributed by atoms with van der Waals surface area (Å²) in [4.78, 5) is 26.8. The molecule has 20 heavy (non-hydrogen) atoms. The Morgan fingerprint density at radius 1 is 1.60 bits per heavy atom. The topological polar surface area (TPSA) is 60.9 Å². The minimum absolute atomic E-state index is 0.108. The third-order valence-electron chi connectivity index (χ3n) is 3.69. The van der Waals surface area contributed by atoms with E-state index in [9.17, 15) is 9.59 Å². The third kappa shape index (κ3) is 3.15. The first-order chi connectivity index (χ1) is 9.40. The molecular formula is C13H17BrN2O3S. The molecular weight excluding hydrogens is 344 g/mol. The number of carbonyl (C=O) groups excluding carboxylic acids is 1. The standard InChI is InChI=1S/C13H17BrN2O3S/c1-8-10(12(17)18)3-4-16(8)13(19)15(2)6-9-5-11(14)20-7-9/h5,7-8,10H,3-4,6H2,1-2H3,(H,17,18). The van der Waals surface area contributed by atoms with Crippen LogP contribution < -0.4 is 0 Å². The molecule has 1 fully saturated rings. The predicted molar refractivity (Wildman–Crippen MR) is 80.8 cm³/mol. The van der Waals surface area contributed by atoms with Gasteiger partial charge in [0.05, 0.1) is 9.70 Å². The van der Waals surface area contributed by atoms with Gasteiger partial charge in [0.1, 0.15) is 0 Å². The maximum absolute atomic E-state index is 12.4. The molecule has 0 radical (unpaired) electrons. The van der Waals surface area contributed by atoms with Gasteiger partial charge < -0.3 is 14.9 Å². The van der Waals surface area contributed by atoms with E-state index in [1.165, 1.54) is 0 Å². The molecule has 5 nitrogen and oxygen atoms in total. The second kappa shape index (κ2) is 6.13. The molecule has 0 bridgehead atoms. The summed E-state index contributed by atoms with van der Waals surface area (Å²) in [6.45, 7) is 2.84. The van der Waals surface area contributed by atoms with Gasteiger partial charge in [-0.15, -0.1) is 11.3 Å². The summed E-state index contributed by atoms with van der Waals surface area (Å²) in [5, 5.41) is 11.1. The van der Waals surface area contributed by atoms with E-state index in [-0.39, 0.29) is 12.1 Å². The van der Waals surface area contributed by atoms with Crippen molar-refractivity contribution in [3.8, 4) is 0 Å². The number of carboxylic acid groups (broad SMARTS) is 1. The number of hydrogen-bond acceptors (Lipinski definition) is 3. The van der Waals surface area contributed by atoms with E-state index >= 15 is 0 Å². The van der Waals surface area contributed by atoms with Crippen LogP contribution in [0, 0.1) is 5.92 Å². The number of carboxylic acids is 1. The average molecular weight is 361 g/mol. The summed E-state index contributed by atoms with van der Waals surface area (Å²) in [5.74, 6) is -1.28. The first-order valence-corrected chi connectivity index (χ1v) is 8.05. The molecule has 1 saturated heterocycles. The molecule has 0 saturated carbocycles. The lowest BCUT2D eigenvalue weighted by Crippen LogP contribution is -2.44. The van der Waals surface area contributed by atoms with E-state index in [4.69, 9.17) is 5.11 Å². The van der Waals surface area contributed by atoms with Gasteiger partial charge in [0, 0.05) is 26.2 Å². The molecule has 0 aromatic carbocycles. The van der Waals surface area contributed by atoms with Crippen LogP contribution in [0.25, 0.3) is 0 Å². The van der Waals surface area contributed by atoms with Crippen molar-refractivity contribution in [1.29, 1.82) is 0 Å². The molecule has 1 aromatic heterocycles. The number of carbonyl (C=O) groups is 2. The first kappa shape index (κ1) is 15.3. The number of aliphatic carboxylic acids is 1. The number of amides is 2. The van der Waals surface area contributed by atoms with Crippen molar-refractivity contribution in [2.24, 2.45) is 5.92 Å². The van der Waals surface area contributed by atoms with Crippen LogP contribution in [0.3, 0.4) is 0 Å². The lowest BCUT2D eigenvalue weighted by molar-refractivity contribution is -0.142. The summed E-state index contributed by atoms with van der Waals surface area (Å²) < 4.78 is 1.04. The van der Waals surface area contributed by atoms with E-state index in [0.717, 1.165) is 9.35 Å². The van der Waals surface area contributed by atoms with Crippen molar-refractivity contribution in [1.82, 2.24) is 9.80 Å². The Kier molecular flexibility index (Phi) is 4.70. The number of thiophene rings is 1. The summed E-state index contributed by atoms with van der Waals surface area (Å²) in [7, 11) is 1.74. The van der Waals surface area contributed by atoms with Crippen LogP contribution in [0.4, 0.5) is 4.79 Å². The van der Waals surface area contributed by atoms with E-state index in [1.807, 2.05) is 11.4 Å². The molecule has 0 aliphatic carbocycles. The van der Waals surface area contributed by atoms with E-state index in [1.54, 1.807) is 35.1 Å². The molecule has 1 aliphatic heterocycles. The lowest BCUT2D eigenvalue weighted by atomic mass is 10.0. The largest absolute Gasteiger partial charge is 0.481 e. The highest BCUT2D eigenvalue weighted by molar-refractivity contribution is 9.11. The van der Waals surface area contributed by atoms with Crippen molar-refractivity contribution in [2.45, 2.75) is 25.9 Å². The number of likely N-dealkylation sites (tertiary alicyclic amines) is 1. The van der Waals surface area contributed by atoms with E-state index in [2.05, 4.69) is 15.9 Å². The Morgan fingerprint density at radius 3 is 2.80 bits per heavy atom. The van der Waals surface area contributed by atoms with Crippen LogP contribution in [0.5, 0.6) is 0 Å². The number of rotatable bonds is 3. The van der Waals surface area contributed by atoms with Gasteiger partial charge in [-0.25, -0.2) is 4.79 Å². The molecule has 1 aromatic rings. The van der Waals surface area contributed by atoms with Gasteiger partial charge in [0.15, 0.2) is 0 Å². The molecule has 0 spiro atoms. The molecule has 110 valence electrons. The van der Waals surface area contributed by atoms with Gasteiger partial charge in [-0.3, -0.25) is 4.79 Å². The van der Waals surface area contributed by atoms with Crippen LogP contribution in [-0.4, -0.2) is 46.5 Å². The predicted octanol–water partition coefficient (Wildman–Crippen LogP) is 2.86. The van der Waals surface area contributed by atoms with E-state index in [0.29, 0.717) is 19.5 Å². The molecule has 2 rings (SSSR count). The van der Waals surface area contributed by atoms with Crippen molar-refractivity contribution >= 4 is 39.3 Å². The Labute approximate surface area is 130 Å². The minimum atomic E-state index is -0.822. The smallest absolute Gasteiger partial charge is 0.320 e. The number of urea groups is 1. The maximum atomic E-state index is 12.4. The first-order valence-electron chi connectivity index (χ1n) is 6.37. The van der Waals surface area contributed by atoms with Crippen molar-refractivity contribution < 1.29 is 14.7 Å². The maximum Gasteiger partial charge on any atom is 0.320 e. The van der Waals surface area contributed by atoms with Gasteiger partial charge >= 0.3 is 12.0 Å². The summed E-state index contributed by atoms with van der Waals surface area (Å²) in [6, 6.07) is 1.63. The number of halogens is 1. The number of hydrogen-bond donors (Lipinski definition) is 1. The van der Waals surface area contributed by atoms with Gasteiger partial charge in [-0.2, -0.15) is 0 Å². The monoisotopic (exact) mass is 360 g/mol. The minimum Gasteiger partial charge on any atom is -0.481 e. The Balaban J connectivity index is 1.99. The Morgan fingerprint density at radius 2 is 2.30 bits per heavy atom. The summed E-state index contributed by atoms with van der Waals surface area (Å²) in [6.07, 6.45) is 0.528. The fourth-order valence-electron chi connectivity index (χ4n) is 2.53. The molecule has 7 heteroatoms. The highest BCUT2D eigenvalue weighted by atomic mass is 79.9. The summed E-state index contributed by atoms with van der Waals surface area (Å²) in [5.41, 5.74) is 1.07. The second-order valence-electron chi connectivity index (χ2n) is 5.07. The van der Waals surface area contributed by atoms with Crippen LogP contribution in [-0.2, 0) is 11.3 Å². The molecule has 1 aliphatic rings. The zero-order valence-electron chi connectivity index (χ0n) is 11.4. The van der Waals surface area contributed by atoms with Crippen LogP contribution in [0.1, 0.15) is 18.9 Å². The number of nitrogens with zero attached hydrogens (tertiary/aromatic N) is 2. The average Bonchev–Trinajstić information content (AvgIpc) is 2.94. The molecule has 2 amide bonds. The Bertz CT molecular complexity index is 519. The lowest BCUT2D eigenvalue weighted by Gasteiger charge is -2.28. The molecule has 1 N–H and O–H groups in total. The zero-order valence-corrected chi connectivity index (χ0v) is 13.8. The SMILES string of the molecule is CC1C(C(=O)O)CCN1C(=O)N(C)Cc1csc(Br)c1. The van der Waals surface area contributed by atoms with Gasteiger partial charge in [0.25, 0.3) is 0 Å². The highest BCUT2D eigenvalue weighted by Gasteiger charge is 2.39. The fourth-order valence-corrected chi connectivity index (χ4v) is 3.73.